The number of aryl methyl sites for hydroxylation is 1. The number of hydrogen-bond donors (Lipinski definition) is 1. The molecule has 35 heavy (non-hydrogen) atoms. The first kappa shape index (κ1) is 22.8. The highest BCUT2D eigenvalue weighted by Crippen LogP contribution is 2.35. The summed E-state index contributed by atoms with van der Waals surface area (Å²) in [4.78, 5) is 23.9. The fraction of sp³-hybridized carbons (Fsp3) is 0.250. The topological polar surface area (TPSA) is 123 Å². The predicted octanol–water partition coefficient (Wildman–Crippen LogP) is 1.97. The molecule has 1 amide bonds. The number of aromatic nitrogens is 3. The van der Waals surface area contributed by atoms with Gasteiger partial charge in [-0.05, 0) is 25.1 Å². The van der Waals surface area contributed by atoms with Gasteiger partial charge in [0.25, 0.3) is 10.0 Å². The highest BCUT2D eigenvalue weighted by molar-refractivity contribution is 7.89. The van der Waals surface area contributed by atoms with E-state index in [1.807, 2.05) is 13.0 Å². The number of nitrogens with one attached hydrogen (secondary N) is 1. The maximum Gasteiger partial charge on any atom is 0.264 e. The molecule has 2 aromatic carbocycles. The summed E-state index contributed by atoms with van der Waals surface area (Å²) >= 11 is 0. The molecule has 5 rings (SSSR count). The average molecular weight is 494 g/mol. The van der Waals surface area contributed by atoms with Crippen LogP contribution in [0.2, 0.25) is 0 Å². The molecule has 1 aromatic heterocycles. The number of fused-ring (bicyclic) bond motifs is 1. The van der Waals surface area contributed by atoms with E-state index < -0.39 is 22.0 Å². The van der Waals surface area contributed by atoms with Gasteiger partial charge < -0.3 is 10.1 Å². The Balaban J connectivity index is 1.41. The minimum Gasteiger partial charge on any atom is -0.493 e. The number of amides is 1. The van der Waals surface area contributed by atoms with Crippen molar-refractivity contribution < 1.29 is 22.7 Å². The van der Waals surface area contributed by atoms with Crippen molar-refractivity contribution in [2.75, 3.05) is 6.61 Å². The van der Waals surface area contributed by atoms with Crippen LogP contribution in [0.5, 0.6) is 5.75 Å². The van der Waals surface area contributed by atoms with Crippen molar-refractivity contribution in [1.29, 1.82) is 0 Å². The van der Waals surface area contributed by atoms with E-state index >= 15 is 0 Å². The van der Waals surface area contributed by atoms with Gasteiger partial charge in [0.1, 0.15) is 18.1 Å². The normalized spacial score (nSPS) is 19.6. The highest BCUT2D eigenvalue weighted by atomic mass is 32.2. The average Bonchev–Trinajstić information content (AvgIpc) is 3.33. The van der Waals surface area contributed by atoms with Crippen LogP contribution in [0.3, 0.4) is 0 Å². The zero-order valence-corrected chi connectivity index (χ0v) is 19.7. The molecule has 180 valence electrons. The molecule has 3 aromatic rings. The third-order valence-electron chi connectivity index (χ3n) is 6.11. The molecule has 0 bridgehead atoms. The van der Waals surface area contributed by atoms with E-state index in [0.717, 1.165) is 21.7 Å². The Morgan fingerprint density at radius 3 is 2.77 bits per heavy atom. The Morgan fingerprint density at radius 1 is 1.20 bits per heavy atom. The van der Waals surface area contributed by atoms with Crippen molar-refractivity contribution >= 4 is 22.2 Å². The van der Waals surface area contributed by atoms with Crippen molar-refractivity contribution in [2.45, 2.75) is 36.7 Å². The van der Waals surface area contributed by atoms with Crippen LogP contribution < -0.4 is 10.1 Å². The molecule has 0 radical (unpaired) electrons. The number of aldehydes is 1. The van der Waals surface area contributed by atoms with Gasteiger partial charge in [0, 0.05) is 42.6 Å². The van der Waals surface area contributed by atoms with Crippen molar-refractivity contribution in [3.05, 3.63) is 83.4 Å². The molecule has 11 heteroatoms. The predicted molar refractivity (Wildman–Crippen MR) is 125 cm³/mol. The molecule has 0 saturated carbocycles. The lowest BCUT2D eigenvalue weighted by Crippen LogP contribution is -2.50. The minimum atomic E-state index is -3.96. The SMILES string of the molecule is Cc1ccc(S(=O)(=O)N2C=CNC(=O)[C@H]2Cc2cn([C@@H]3CCOc4cc(C=O)ccc43)nn2)cc1. The molecule has 10 nitrogen and oxygen atoms in total. The number of carbonyl (C=O) groups is 2. The molecule has 2 aliphatic heterocycles. The number of nitrogens with zero attached hydrogens (tertiary/aromatic N) is 4. The summed E-state index contributed by atoms with van der Waals surface area (Å²) in [6.07, 6.45) is 5.84. The summed E-state index contributed by atoms with van der Waals surface area (Å²) in [6, 6.07) is 10.5. The molecule has 0 unspecified atom stereocenters. The molecule has 1 N–H and O–H groups in total. The standard InChI is InChI=1S/C24H23N5O5S/c1-16-2-5-19(6-3-16)35(32,33)29-10-9-25-24(31)22(29)13-18-14-28(27-26-18)21-8-11-34-23-12-17(15-30)4-7-20(21)23/h2-7,9-10,12,14-15,21-22H,8,11,13H2,1H3,(H,25,31)/t21-,22-/m1/s1. The van der Waals surface area contributed by atoms with Crippen LogP contribution in [0.1, 0.15) is 39.6 Å². The Kier molecular flexibility index (Phi) is 5.85. The van der Waals surface area contributed by atoms with Crippen molar-refractivity contribution in [2.24, 2.45) is 0 Å². The van der Waals surface area contributed by atoms with Gasteiger partial charge in [0.2, 0.25) is 5.91 Å². The van der Waals surface area contributed by atoms with Crippen LogP contribution in [0, 0.1) is 6.92 Å². The third kappa shape index (κ3) is 4.30. The summed E-state index contributed by atoms with van der Waals surface area (Å²) in [5.74, 6) is 0.172. The molecule has 0 aliphatic carbocycles. The maximum absolute atomic E-state index is 13.3. The van der Waals surface area contributed by atoms with Gasteiger partial charge in [-0.15, -0.1) is 5.10 Å². The summed E-state index contributed by atoms with van der Waals surface area (Å²) in [7, 11) is -3.96. The summed E-state index contributed by atoms with van der Waals surface area (Å²) in [6.45, 7) is 2.32. The van der Waals surface area contributed by atoms with Crippen LogP contribution in [-0.2, 0) is 21.2 Å². The fourth-order valence-electron chi connectivity index (χ4n) is 4.26. The fourth-order valence-corrected chi connectivity index (χ4v) is 5.71. The first-order valence-electron chi connectivity index (χ1n) is 11.1. The molecular weight excluding hydrogens is 470 g/mol. The van der Waals surface area contributed by atoms with Crippen LogP contribution in [0.25, 0.3) is 0 Å². The molecular formula is C24H23N5O5S. The third-order valence-corrected chi connectivity index (χ3v) is 7.91. The Labute approximate surface area is 202 Å². The lowest BCUT2D eigenvalue weighted by Gasteiger charge is -2.31. The molecule has 3 heterocycles. The second kappa shape index (κ2) is 8.99. The Hall–Kier alpha value is -3.99. The Bertz CT molecular complexity index is 1410. The molecule has 0 saturated heterocycles. The van der Waals surface area contributed by atoms with E-state index in [4.69, 9.17) is 4.74 Å². The van der Waals surface area contributed by atoms with E-state index in [2.05, 4.69) is 15.6 Å². The smallest absolute Gasteiger partial charge is 0.264 e. The van der Waals surface area contributed by atoms with E-state index in [1.165, 1.54) is 24.5 Å². The van der Waals surface area contributed by atoms with Gasteiger partial charge in [-0.1, -0.05) is 35.0 Å². The molecule has 2 atom stereocenters. The number of rotatable bonds is 6. The zero-order valence-electron chi connectivity index (χ0n) is 18.9. The van der Waals surface area contributed by atoms with E-state index in [0.29, 0.717) is 30.0 Å². The Morgan fingerprint density at radius 2 is 2.00 bits per heavy atom. The molecule has 0 fully saturated rings. The summed E-state index contributed by atoms with van der Waals surface area (Å²) in [5, 5.41) is 11.1. The quantitative estimate of drug-likeness (QED) is 0.521. The van der Waals surface area contributed by atoms with Crippen LogP contribution in [0.4, 0.5) is 0 Å². The second-order valence-electron chi connectivity index (χ2n) is 8.45. The van der Waals surface area contributed by atoms with E-state index in [9.17, 15) is 18.0 Å². The van der Waals surface area contributed by atoms with Gasteiger partial charge >= 0.3 is 0 Å². The molecule has 0 spiro atoms. The van der Waals surface area contributed by atoms with Gasteiger partial charge in [-0.25, -0.2) is 13.1 Å². The summed E-state index contributed by atoms with van der Waals surface area (Å²) in [5.41, 5.74) is 2.80. The van der Waals surface area contributed by atoms with Gasteiger partial charge in [0.15, 0.2) is 0 Å². The second-order valence-corrected chi connectivity index (χ2v) is 10.3. The van der Waals surface area contributed by atoms with Gasteiger partial charge in [0.05, 0.1) is 23.2 Å². The van der Waals surface area contributed by atoms with E-state index in [-0.39, 0.29) is 17.4 Å². The number of hydrogen-bond acceptors (Lipinski definition) is 7. The first-order chi connectivity index (χ1) is 16.9. The number of sulfonamides is 1. The molecule has 2 aliphatic rings. The van der Waals surface area contributed by atoms with Crippen molar-refractivity contribution in [3.8, 4) is 5.75 Å². The van der Waals surface area contributed by atoms with E-state index in [1.54, 1.807) is 35.1 Å². The number of ether oxygens (including phenoxy) is 1. The monoisotopic (exact) mass is 493 g/mol. The van der Waals surface area contributed by atoms with Crippen molar-refractivity contribution in [1.82, 2.24) is 24.6 Å². The lowest BCUT2D eigenvalue weighted by atomic mass is 9.99. The lowest BCUT2D eigenvalue weighted by molar-refractivity contribution is -0.124. The summed E-state index contributed by atoms with van der Waals surface area (Å²) < 4.78 is 35.1. The van der Waals surface area contributed by atoms with Gasteiger partial charge in [-0.2, -0.15) is 0 Å². The van der Waals surface area contributed by atoms with Crippen molar-refractivity contribution in [3.63, 3.8) is 0 Å². The number of benzene rings is 2. The van der Waals surface area contributed by atoms with Gasteiger partial charge in [-0.3, -0.25) is 13.9 Å². The maximum atomic E-state index is 13.3. The van der Waals surface area contributed by atoms with Crippen LogP contribution in [-0.4, -0.2) is 52.6 Å². The van der Waals surface area contributed by atoms with Crippen LogP contribution >= 0.6 is 0 Å². The van der Waals surface area contributed by atoms with Crippen LogP contribution in [0.15, 0.2) is 66.0 Å². The largest absolute Gasteiger partial charge is 0.493 e. The first-order valence-corrected chi connectivity index (χ1v) is 12.5. The number of carbonyl (C=O) groups excluding carboxylic acids is 2. The minimum absolute atomic E-state index is 0.0431. The zero-order chi connectivity index (χ0) is 24.6. The highest BCUT2D eigenvalue weighted by Gasteiger charge is 2.36.